The number of aliphatic imine (C=N–C) groups is 1. The van der Waals surface area contributed by atoms with Gasteiger partial charge >= 0.3 is 0 Å². The molecule has 1 aromatic rings. The maximum absolute atomic E-state index is 5.51. The van der Waals surface area contributed by atoms with Crippen LogP contribution >= 0.6 is 0 Å². The van der Waals surface area contributed by atoms with Crippen molar-refractivity contribution >= 4 is 5.96 Å². The number of nitrogens with zero attached hydrogens (tertiary/aromatic N) is 4. The Labute approximate surface area is 188 Å². The monoisotopic (exact) mass is 431 g/mol. The molecule has 31 heavy (non-hydrogen) atoms. The molecule has 0 aliphatic carbocycles. The van der Waals surface area contributed by atoms with Crippen molar-refractivity contribution in [1.29, 1.82) is 0 Å². The molecule has 174 valence electrons. The standard InChI is InChI=1S/C24H41N5O2/c1-6-25-24(26-16-19(3)17-28-12-10-27(7-2)11-13-28)29-9-8-20-14-22(30-4)23(31-5)15-21(20)18-29/h14-15,19H,6-13,16-18H2,1-5H3,(H,25,26). The summed E-state index contributed by atoms with van der Waals surface area (Å²) in [5.41, 5.74) is 2.63. The first-order valence-corrected chi connectivity index (χ1v) is 11.8. The molecule has 2 aliphatic rings. The largest absolute Gasteiger partial charge is 0.493 e. The van der Waals surface area contributed by atoms with Crippen molar-refractivity contribution in [3.63, 3.8) is 0 Å². The fraction of sp³-hybridized carbons (Fsp3) is 0.708. The van der Waals surface area contributed by atoms with Gasteiger partial charge in [0, 0.05) is 58.9 Å². The van der Waals surface area contributed by atoms with E-state index in [1.807, 2.05) is 0 Å². The fourth-order valence-electron chi connectivity index (χ4n) is 4.52. The van der Waals surface area contributed by atoms with Gasteiger partial charge in [-0.2, -0.15) is 0 Å². The number of benzene rings is 1. The lowest BCUT2D eigenvalue weighted by Crippen LogP contribution is -2.47. The third-order valence-corrected chi connectivity index (χ3v) is 6.39. The molecule has 7 nitrogen and oxygen atoms in total. The molecule has 0 saturated carbocycles. The zero-order valence-corrected chi connectivity index (χ0v) is 20.1. The van der Waals surface area contributed by atoms with E-state index in [1.165, 1.54) is 37.3 Å². The van der Waals surface area contributed by atoms with Gasteiger partial charge in [0.05, 0.1) is 14.2 Å². The summed E-state index contributed by atoms with van der Waals surface area (Å²) in [6, 6.07) is 4.23. The van der Waals surface area contributed by atoms with Gasteiger partial charge in [-0.3, -0.25) is 4.99 Å². The number of ether oxygens (including phenoxy) is 2. The second-order valence-electron chi connectivity index (χ2n) is 8.68. The molecule has 0 radical (unpaired) electrons. The highest BCUT2D eigenvalue weighted by Gasteiger charge is 2.22. The summed E-state index contributed by atoms with van der Waals surface area (Å²) >= 11 is 0. The number of hydrogen-bond acceptors (Lipinski definition) is 5. The van der Waals surface area contributed by atoms with Crippen molar-refractivity contribution in [2.45, 2.75) is 33.7 Å². The van der Waals surface area contributed by atoms with Crippen LogP contribution in [0.5, 0.6) is 11.5 Å². The molecule has 2 heterocycles. The Hall–Kier alpha value is -1.99. The van der Waals surface area contributed by atoms with Gasteiger partial charge < -0.3 is 29.5 Å². The average Bonchev–Trinajstić information content (AvgIpc) is 2.80. The molecule has 1 unspecified atom stereocenters. The predicted octanol–water partition coefficient (Wildman–Crippen LogP) is 2.30. The molecule has 7 heteroatoms. The summed E-state index contributed by atoms with van der Waals surface area (Å²) in [5, 5.41) is 3.51. The zero-order valence-electron chi connectivity index (χ0n) is 20.1. The predicted molar refractivity (Wildman–Crippen MR) is 127 cm³/mol. The molecule has 0 bridgehead atoms. The number of nitrogens with one attached hydrogen (secondary N) is 1. The second-order valence-corrected chi connectivity index (χ2v) is 8.68. The van der Waals surface area contributed by atoms with Crippen molar-refractivity contribution in [1.82, 2.24) is 20.0 Å². The maximum Gasteiger partial charge on any atom is 0.194 e. The zero-order chi connectivity index (χ0) is 22.2. The van der Waals surface area contributed by atoms with Gasteiger partial charge in [-0.05, 0) is 49.1 Å². The summed E-state index contributed by atoms with van der Waals surface area (Å²) in [4.78, 5) is 12.5. The summed E-state index contributed by atoms with van der Waals surface area (Å²) < 4.78 is 11.0. The van der Waals surface area contributed by atoms with Gasteiger partial charge in [-0.15, -0.1) is 0 Å². The molecule has 0 spiro atoms. The van der Waals surface area contributed by atoms with Crippen LogP contribution in [0.4, 0.5) is 0 Å². The normalized spacial score (nSPS) is 19.1. The molecule has 1 N–H and O–H groups in total. The first kappa shape index (κ1) is 23.7. The van der Waals surface area contributed by atoms with E-state index < -0.39 is 0 Å². The highest BCUT2D eigenvalue weighted by Crippen LogP contribution is 2.33. The van der Waals surface area contributed by atoms with Crippen LogP contribution in [0.2, 0.25) is 0 Å². The quantitative estimate of drug-likeness (QED) is 0.504. The van der Waals surface area contributed by atoms with Crippen LogP contribution in [0.15, 0.2) is 17.1 Å². The van der Waals surface area contributed by atoms with E-state index in [9.17, 15) is 0 Å². The van der Waals surface area contributed by atoms with Crippen LogP contribution in [0.3, 0.4) is 0 Å². The number of hydrogen-bond donors (Lipinski definition) is 1. The number of fused-ring (bicyclic) bond motifs is 1. The van der Waals surface area contributed by atoms with E-state index in [4.69, 9.17) is 14.5 Å². The Kier molecular flexibility index (Phi) is 8.84. The van der Waals surface area contributed by atoms with Crippen molar-refractivity contribution in [3.05, 3.63) is 23.3 Å². The third kappa shape index (κ3) is 6.26. The highest BCUT2D eigenvalue weighted by molar-refractivity contribution is 5.80. The Morgan fingerprint density at radius 2 is 1.65 bits per heavy atom. The van der Waals surface area contributed by atoms with Crippen LogP contribution in [-0.4, -0.2) is 93.8 Å². The molecule has 1 saturated heterocycles. The van der Waals surface area contributed by atoms with Crippen LogP contribution in [0.25, 0.3) is 0 Å². The fourth-order valence-corrected chi connectivity index (χ4v) is 4.52. The van der Waals surface area contributed by atoms with Gasteiger partial charge in [-0.1, -0.05) is 13.8 Å². The Bertz CT molecular complexity index is 731. The topological polar surface area (TPSA) is 52.6 Å². The van der Waals surface area contributed by atoms with E-state index in [-0.39, 0.29) is 0 Å². The summed E-state index contributed by atoms with van der Waals surface area (Å²) in [5.74, 6) is 3.17. The molecule has 1 atom stereocenters. The molecular formula is C24H41N5O2. The van der Waals surface area contributed by atoms with Crippen LogP contribution in [-0.2, 0) is 13.0 Å². The second kappa shape index (κ2) is 11.6. The van der Waals surface area contributed by atoms with Crippen molar-refractivity contribution in [2.75, 3.05) is 73.1 Å². The Morgan fingerprint density at radius 3 is 2.26 bits per heavy atom. The lowest BCUT2D eigenvalue weighted by Gasteiger charge is -2.35. The number of likely N-dealkylation sites (N-methyl/N-ethyl adjacent to an activating group) is 1. The van der Waals surface area contributed by atoms with Crippen LogP contribution < -0.4 is 14.8 Å². The van der Waals surface area contributed by atoms with Gasteiger partial charge in [0.25, 0.3) is 0 Å². The van der Waals surface area contributed by atoms with Gasteiger partial charge in [0.15, 0.2) is 17.5 Å². The van der Waals surface area contributed by atoms with Gasteiger partial charge in [0.1, 0.15) is 0 Å². The number of piperazine rings is 1. The van der Waals surface area contributed by atoms with E-state index >= 15 is 0 Å². The van der Waals surface area contributed by atoms with Crippen molar-refractivity contribution in [2.24, 2.45) is 10.9 Å². The summed E-state index contributed by atoms with van der Waals surface area (Å²) in [7, 11) is 3.39. The number of rotatable bonds is 8. The van der Waals surface area contributed by atoms with E-state index in [1.54, 1.807) is 14.2 Å². The first-order chi connectivity index (χ1) is 15.1. The van der Waals surface area contributed by atoms with Crippen LogP contribution in [0.1, 0.15) is 31.9 Å². The number of methoxy groups -OCH3 is 2. The first-order valence-electron chi connectivity index (χ1n) is 11.8. The van der Waals surface area contributed by atoms with E-state index in [0.717, 1.165) is 63.1 Å². The molecule has 1 fully saturated rings. The molecule has 0 amide bonds. The minimum Gasteiger partial charge on any atom is -0.493 e. The minimum atomic E-state index is 0.545. The van der Waals surface area contributed by atoms with Crippen molar-refractivity contribution in [3.8, 4) is 11.5 Å². The average molecular weight is 432 g/mol. The lowest BCUT2D eigenvalue weighted by atomic mass is 9.99. The molecule has 0 aromatic heterocycles. The molecule has 3 rings (SSSR count). The number of guanidine groups is 1. The highest BCUT2D eigenvalue weighted by atomic mass is 16.5. The van der Waals surface area contributed by atoms with Crippen LogP contribution in [0, 0.1) is 5.92 Å². The SMILES string of the molecule is CCNC(=NCC(C)CN1CCN(CC)CC1)N1CCc2cc(OC)c(OC)cc2C1. The van der Waals surface area contributed by atoms with Gasteiger partial charge in [-0.25, -0.2) is 0 Å². The maximum atomic E-state index is 5.51. The molecule has 1 aromatic carbocycles. The smallest absolute Gasteiger partial charge is 0.194 e. The van der Waals surface area contributed by atoms with E-state index in [2.05, 4.69) is 52.9 Å². The third-order valence-electron chi connectivity index (χ3n) is 6.39. The summed E-state index contributed by atoms with van der Waals surface area (Å²) in [6.45, 7) is 17.3. The molecule has 2 aliphatic heterocycles. The Morgan fingerprint density at radius 1 is 1.00 bits per heavy atom. The minimum absolute atomic E-state index is 0.545. The summed E-state index contributed by atoms with van der Waals surface area (Å²) in [6.07, 6.45) is 0.983. The van der Waals surface area contributed by atoms with Crippen molar-refractivity contribution < 1.29 is 9.47 Å². The molecular weight excluding hydrogens is 390 g/mol. The lowest BCUT2D eigenvalue weighted by molar-refractivity contribution is 0.125. The van der Waals surface area contributed by atoms with E-state index in [0.29, 0.717) is 5.92 Å². The van der Waals surface area contributed by atoms with Gasteiger partial charge in [0.2, 0.25) is 0 Å². The Balaban J connectivity index is 1.60.